The molecule has 0 aliphatic carbocycles. The Balaban J connectivity index is 1.88. The second-order valence-corrected chi connectivity index (χ2v) is 5.26. The van der Waals surface area contributed by atoms with Gasteiger partial charge in [0.2, 0.25) is 0 Å². The zero-order valence-corrected chi connectivity index (χ0v) is 11.5. The molecule has 1 heterocycles. The standard InChI is InChI=1S/C15H22N2O2/c1-2-6-16-7-9-17(10-8-16)12-13-4-3-5-14(11-13)15(18)19/h3-5,11H,2,6-10,12H2,1H3,(H,18,19). The first-order valence-electron chi connectivity index (χ1n) is 7.05. The molecule has 0 spiro atoms. The van der Waals surface area contributed by atoms with Gasteiger partial charge in [0.15, 0.2) is 0 Å². The first-order valence-corrected chi connectivity index (χ1v) is 7.05. The number of carboxylic acids is 1. The van der Waals surface area contributed by atoms with Crippen molar-refractivity contribution in [2.75, 3.05) is 32.7 Å². The molecule has 4 heteroatoms. The Bertz CT molecular complexity index is 426. The van der Waals surface area contributed by atoms with Gasteiger partial charge in [-0.15, -0.1) is 0 Å². The summed E-state index contributed by atoms with van der Waals surface area (Å²) >= 11 is 0. The van der Waals surface area contributed by atoms with E-state index in [9.17, 15) is 9.90 Å². The lowest BCUT2D eigenvalue weighted by Gasteiger charge is -2.32. The summed E-state index contributed by atoms with van der Waals surface area (Å²) in [5.74, 6) is -1.10. The molecule has 0 radical (unpaired) electrons. The number of hydrogen-bond acceptors (Lipinski definition) is 3. The minimum atomic E-state index is -1.10. The Kier molecular flexibility index (Phi) is 4.93. The van der Waals surface area contributed by atoms with Gasteiger partial charge in [-0.2, -0.15) is 0 Å². The molecule has 1 aromatic rings. The highest BCUT2D eigenvalue weighted by Crippen LogP contribution is 2.08. The van der Waals surface area contributed by atoms with Crippen LogP contribution in [-0.2, 0) is 6.54 Å². The number of carbonyl (C=O) groups is 1. The van der Waals surface area contributed by atoms with Crippen molar-refractivity contribution in [1.29, 1.82) is 0 Å². The highest BCUT2D eigenvalue weighted by molar-refractivity contribution is 5.85. The van der Waals surface area contributed by atoms with Gasteiger partial charge in [0.1, 0.15) is 0 Å². The van der Waals surface area contributed by atoms with Gasteiger partial charge in [-0.3, -0.25) is 4.90 Å². The van der Waals surface area contributed by atoms with E-state index in [2.05, 4.69) is 11.8 Å². The second kappa shape index (κ2) is 6.68. The van der Waals surface area contributed by atoms with E-state index in [1.807, 2.05) is 6.07 Å². The molecule has 104 valence electrons. The Hall–Kier alpha value is -1.39. The number of aromatic carboxylic acids is 1. The molecule has 1 saturated heterocycles. The molecule has 1 aliphatic heterocycles. The number of nitrogens with zero attached hydrogens (tertiary/aromatic N) is 1. The first kappa shape index (κ1) is 14.0. The molecule has 1 N–H and O–H groups in total. The van der Waals surface area contributed by atoms with Crippen molar-refractivity contribution >= 4 is 5.97 Å². The lowest BCUT2D eigenvalue weighted by atomic mass is 10.1. The molecule has 1 fully saturated rings. The smallest absolute Gasteiger partial charge is 0.0900 e. The van der Waals surface area contributed by atoms with E-state index in [1.165, 1.54) is 26.1 Å². The van der Waals surface area contributed by atoms with Gasteiger partial charge < -0.3 is 14.8 Å². The molecule has 4 nitrogen and oxygen atoms in total. The minimum Gasteiger partial charge on any atom is -0.545 e. The van der Waals surface area contributed by atoms with E-state index in [-0.39, 0.29) is 5.56 Å². The van der Waals surface area contributed by atoms with Crippen LogP contribution in [0, 0.1) is 0 Å². The maximum absolute atomic E-state index is 10.8. The SMILES string of the molecule is CCC[NH+]1CCN(Cc2cccc(C(=O)[O-])c2)CC1. The average molecular weight is 262 g/mol. The normalized spacial score (nSPS) is 17.5. The fourth-order valence-corrected chi connectivity index (χ4v) is 2.69. The van der Waals surface area contributed by atoms with Gasteiger partial charge >= 0.3 is 0 Å². The lowest BCUT2D eigenvalue weighted by Crippen LogP contribution is -3.14. The summed E-state index contributed by atoms with van der Waals surface area (Å²) in [5, 5.41) is 10.8. The molecule has 0 aromatic heterocycles. The van der Waals surface area contributed by atoms with Crippen molar-refractivity contribution in [1.82, 2.24) is 4.90 Å². The number of quaternary nitrogens is 1. The van der Waals surface area contributed by atoms with E-state index < -0.39 is 5.97 Å². The third kappa shape index (κ3) is 4.04. The number of benzene rings is 1. The van der Waals surface area contributed by atoms with Gasteiger partial charge in [-0.1, -0.05) is 25.1 Å². The number of hydrogen-bond donors (Lipinski definition) is 1. The third-order valence-corrected chi connectivity index (χ3v) is 3.74. The van der Waals surface area contributed by atoms with Crippen LogP contribution in [0.15, 0.2) is 24.3 Å². The summed E-state index contributed by atoms with van der Waals surface area (Å²) in [6.45, 7) is 8.87. The zero-order valence-electron chi connectivity index (χ0n) is 11.5. The number of carboxylic acid groups (broad SMARTS) is 1. The van der Waals surface area contributed by atoms with E-state index in [0.717, 1.165) is 25.2 Å². The average Bonchev–Trinajstić information content (AvgIpc) is 2.42. The number of rotatable bonds is 5. The predicted octanol–water partition coefficient (Wildman–Crippen LogP) is -0.839. The second-order valence-electron chi connectivity index (χ2n) is 5.26. The van der Waals surface area contributed by atoms with Crippen LogP contribution in [0.5, 0.6) is 0 Å². The van der Waals surface area contributed by atoms with Crippen LogP contribution in [0.25, 0.3) is 0 Å². The van der Waals surface area contributed by atoms with E-state index in [1.54, 1.807) is 23.1 Å². The van der Waals surface area contributed by atoms with Gasteiger partial charge in [0.25, 0.3) is 0 Å². The zero-order chi connectivity index (χ0) is 13.7. The molecular formula is C15H22N2O2. The summed E-state index contributed by atoms with van der Waals surface area (Å²) in [5.41, 5.74) is 1.33. The van der Waals surface area contributed by atoms with Gasteiger partial charge in [-0.25, -0.2) is 0 Å². The fourth-order valence-electron chi connectivity index (χ4n) is 2.69. The monoisotopic (exact) mass is 262 g/mol. The number of piperazine rings is 1. The van der Waals surface area contributed by atoms with Crippen LogP contribution in [0.4, 0.5) is 0 Å². The summed E-state index contributed by atoms with van der Waals surface area (Å²) < 4.78 is 0. The Labute approximate surface area is 114 Å². The summed E-state index contributed by atoms with van der Waals surface area (Å²) in [6.07, 6.45) is 1.24. The molecule has 19 heavy (non-hydrogen) atoms. The molecule has 1 aliphatic rings. The summed E-state index contributed by atoms with van der Waals surface area (Å²) in [4.78, 5) is 14.9. The van der Waals surface area contributed by atoms with Gasteiger partial charge in [0, 0.05) is 19.6 Å². The Morgan fingerprint density at radius 1 is 1.37 bits per heavy atom. The van der Waals surface area contributed by atoms with Gasteiger partial charge in [-0.05, 0) is 23.6 Å². The molecule has 0 amide bonds. The third-order valence-electron chi connectivity index (χ3n) is 3.74. The predicted molar refractivity (Wildman–Crippen MR) is 71.9 cm³/mol. The fraction of sp³-hybridized carbons (Fsp3) is 0.533. The van der Waals surface area contributed by atoms with Crippen LogP contribution in [0.2, 0.25) is 0 Å². The van der Waals surface area contributed by atoms with Crippen LogP contribution in [0.3, 0.4) is 0 Å². The van der Waals surface area contributed by atoms with Crippen molar-refractivity contribution in [2.45, 2.75) is 19.9 Å². The van der Waals surface area contributed by atoms with Crippen molar-refractivity contribution in [3.05, 3.63) is 35.4 Å². The van der Waals surface area contributed by atoms with Crippen molar-refractivity contribution in [3.8, 4) is 0 Å². The van der Waals surface area contributed by atoms with Crippen LogP contribution in [0.1, 0.15) is 29.3 Å². The topological polar surface area (TPSA) is 47.8 Å². The van der Waals surface area contributed by atoms with Crippen molar-refractivity contribution < 1.29 is 14.8 Å². The Morgan fingerprint density at radius 3 is 2.74 bits per heavy atom. The maximum Gasteiger partial charge on any atom is 0.0900 e. The molecule has 0 atom stereocenters. The number of carbonyl (C=O) groups excluding carboxylic acids is 1. The molecular weight excluding hydrogens is 240 g/mol. The van der Waals surface area contributed by atoms with E-state index in [0.29, 0.717) is 0 Å². The van der Waals surface area contributed by atoms with Gasteiger partial charge in [0.05, 0.1) is 25.6 Å². The summed E-state index contributed by atoms with van der Waals surface area (Å²) in [6, 6.07) is 7.08. The lowest BCUT2D eigenvalue weighted by molar-refractivity contribution is -0.904. The van der Waals surface area contributed by atoms with Crippen LogP contribution >= 0.6 is 0 Å². The molecule has 0 unspecified atom stereocenters. The molecule has 1 aromatic carbocycles. The molecule has 2 rings (SSSR count). The largest absolute Gasteiger partial charge is 0.545 e. The quantitative estimate of drug-likeness (QED) is 0.753. The number of nitrogens with one attached hydrogen (secondary N) is 1. The van der Waals surface area contributed by atoms with Crippen LogP contribution < -0.4 is 10.0 Å². The minimum absolute atomic E-state index is 0.271. The summed E-state index contributed by atoms with van der Waals surface area (Å²) in [7, 11) is 0. The molecule has 0 saturated carbocycles. The van der Waals surface area contributed by atoms with E-state index in [4.69, 9.17) is 0 Å². The van der Waals surface area contributed by atoms with Crippen molar-refractivity contribution in [2.24, 2.45) is 0 Å². The maximum atomic E-state index is 10.8. The highest BCUT2D eigenvalue weighted by atomic mass is 16.4. The molecule has 0 bridgehead atoms. The Morgan fingerprint density at radius 2 is 2.11 bits per heavy atom. The highest BCUT2D eigenvalue weighted by Gasteiger charge is 2.18. The van der Waals surface area contributed by atoms with Crippen molar-refractivity contribution in [3.63, 3.8) is 0 Å². The first-order chi connectivity index (χ1) is 9.19. The van der Waals surface area contributed by atoms with E-state index >= 15 is 0 Å². The van der Waals surface area contributed by atoms with Crippen LogP contribution in [-0.4, -0.2) is 43.6 Å².